The number of hydrogen-bond donors (Lipinski definition) is 0. The van der Waals surface area contributed by atoms with Crippen molar-refractivity contribution in [3.63, 3.8) is 0 Å². The molecule has 0 saturated heterocycles. The fourth-order valence-electron chi connectivity index (χ4n) is 5.17. The Bertz CT molecular complexity index is 1240. The van der Waals surface area contributed by atoms with Crippen LogP contribution in [0.3, 0.4) is 0 Å². The summed E-state index contributed by atoms with van der Waals surface area (Å²) in [6, 6.07) is 5.06. The fraction of sp³-hybridized carbons (Fsp3) is 0.520. The molecule has 1 amide bonds. The summed E-state index contributed by atoms with van der Waals surface area (Å²) in [5.41, 5.74) is 6.90. The first-order valence-corrected chi connectivity index (χ1v) is 11.9. The van der Waals surface area contributed by atoms with Crippen LogP contribution in [0.15, 0.2) is 17.1 Å². The highest BCUT2D eigenvalue weighted by atomic mass is 16.2. The second-order valence-electron chi connectivity index (χ2n) is 9.65. The van der Waals surface area contributed by atoms with Gasteiger partial charge in [0.1, 0.15) is 11.3 Å². The van der Waals surface area contributed by atoms with E-state index in [1.807, 2.05) is 17.9 Å². The lowest BCUT2D eigenvalue weighted by molar-refractivity contribution is 0.0719. The van der Waals surface area contributed by atoms with E-state index in [9.17, 15) is 4.79 Å². The van der Waals surface area contributed by atoms with Crippen molar-refractivity contribution in [2.75, 3.05) is 0 Å². The Kier molecular flexibility index (Phi) is 4.32. The molecule has 0 spiro atoms. The largest absolute Gasteiger partial charge is 0.331 e. The first-order chi connectivity index (χ1) is 15.5. The number of hydrogen-bond acceptors (Lipinski definition) is 4. The third-order valence-electron chi connectivity index (χ3n) is 7.17. The molecule has 3 aromatic heterocycles. The number of amides is 1. The SMILES string of the molecule is CCn1c(C(=O)N(C2CC2)C2CC2)cc2c3c(c(Cc4cc(C)n(C)n4)nc21)N=CC3C. The van der Waals surface area contributed by atoms with Gasteiger partial charge in [-0.25, -0.2) is 4.98 Å². The van der Waals surface area contributed by atoms with Gasteiger partial charge in [0.05, 0.1) is 17.1 Å². The monoisotopic (exact) mass is 430 g/mol. The van der Waals surface area contributed by atoms with E-state index in [0.29, 0.717) is 18.5 Å². The van der Waals surface area contributed by atoms with E-state index in [0.717, 1.165) is 71.7 Å². The minimum absolute atomic E-state index is 0.178. The third kappa shape index (κ3) is 3.01. The Morgan fingerprint density at radius 3 is 2.50 bits per heavy atom. The first kappa shape index (κ1) is 19.7. The minimum atomic E-state index is 0.178. The van der Waals surface area contributed by atoms with Crippen LogP contribution in [0.1, 0.15) is 78.6 Å². The van der Waals surface area contributed by atoms with Crippen molar-refractivity contribution in [1.29, 1.82) is 0 Å². The van der Waals surface area contributed by atoms with E-state index in [4.69, 9.17) is 9.98 Å². The van der Waals surface area contributed by atoms with Gasteiger partial charge >= 0.3 is 0 Å². The maximum absolute atomic E-state index is 13.7. The van der Waals surface area contributed by atoms with Crippen LogP contribution in [0.4, 0.5) is 5.69 Å². The van der Waals surface area contributed by atoms with Crippen molar-refractivity contribution in [3.05, 3.63) is 40.5 Å². The van der Waals surface area contributed by atoms with Gasteiger partial charge in [-0.3, -0.25) is 14.5 Å². The average molecular weight is 431 g/mol. The molecule has 166 valence electrons. The summed E-state index contributed by atoms with van der Waals surface area (Å²) in [7, 11) is 1.96. The molecule has 1 unspecified atom stereocenters. The van der Waals surface area contributed by atoms with Crippen LogP contribution in [0.25, 0.3) is 11.0 Å². The predicted octanol–water partition coefficient (Wildman–Crippen LogP) is 4.28. The normalized spacial score (nSPS) is 19.7. The van der Waals surface area contributed by atoms with Crippen LogP contribution >= 0.6 is 0 Å². The van der Waals surface area contributed by atoms with Crippen molar-refractivity contribution >= 4 is 28.8 Å². The quantitative estimate of drug-likeness (QED) is 0.586. The smallest absolute Gasteiger partial charge is 0.271 e. The number of rotatable bonds is 6. The van der Waals surface area contributed by atoms with Gasteiger partial charge in [0.25, 0.3) is 5.91 Å². The van der Waals surface area contributed by atoms with Gasteiger partial charge in [-0.05, 0) is 57.2 Å². The van der Waals surface area contributed by atoms with E-state index in [-0.39, 0.29) is 11.8 Å². The molecule has 2 saturated carbocycles. The maximum atomic E-state index is 13.7. The Morgan fingerprint density at radius 2 is 1.91 bits per heavy atom. The van der Waals surface area contributed by atoms with Crippen LogP contribution in [0.2, 0.25) is 0 Å². The number of pyridine rings is 1. The Hall–Kier alpha value is -2.96. The molecule has 2 fully saturated rings. The van der Waals surface area contributed by atoms with E-state index in [1.165, 1.54) is 5.56 Å². The average Bonchev–Trinajstić information content (AvgIpc) is 3.68. The highest BCUT2D eigenvalue weighted by Crippen LogP contribution is 2.43. The van der Waals surface area contributed by atoms with Crippen molar-refractivity contribution in [2.45, 2.75) is 77.4 Å². The molecule has 6 rings (SSSR count). The summed E-state index contributed by atoms with van der Waals surface area (Å²) >= 11 is 0. The third-order valence-corrected chi connectivity index (χ3v) is 7.17. The number of aliphatic imine (C=N–C) groups is 1. The van der Waals surface area contributed by atoms with Crippen LogP contribution in [-0.2, 0) is 20.0 Å². The first-order valence-electron chi connectivity index (χ1n) is 11.9. The molecule has 32 heavy (non-hydrogen) atoms. The summed E-state index contributed by atoms with van der Waals surface area (Å²) in [5.74, 6) is 0.385. The summed E-state index contributed by atoms with van der Waals surface area (Å²) in [6.07, 6.45) is 7.20. The van der Waals surface area contributed by atoms with Crippen molar-refractivity contribution in [1.82, 2.24) is 24.2 Å². The molecule has 0 N–H and O–H groups in total. The zero-order valence-corrected chi connectivity index (χ0v) is 19.3. The molecule has 1 aliphatic heterocycles. The molecule has 0 bridgehead atoms. The fourth-order valence-corrected chi connectivity index (χ4v) is 5.17. The second kappa shape index (κ2) is 7.02. The number of carbonyl (C=O) groups excluding carboxylic acids is 1. The van der Waals surface area contributed by atoms with Crippen LogP contribution < -0.4 is 0 Å². The van der Waals surface area contributed by atoms with Gasteiger partial charge < -0.3 is 9.47 Å². The lowest BCUT2D eigenvalue weighted by atomic mass is 9.98. The molecular weight excluding hydrogens is 400 g/mol. The Morgan fingerprint density at radius 1 is 1.19 bits per heavy atom. The Labute approximate surface area is 188 Å². The van der Waals surface area contributed by atoms with Gasteiger partial charge in [-0.1, -0.05) is 6.92 Å². The predicted molar refractivity (Wildman–Crippen MR) is 125 cm³/mol. The molecule has 0 aromatic carbocycles. The Balaban J connectivity index is 1.49. The summed E-state index contributed by atoms with van der Waals surface area (Å²) in [6.45, 7) is 7.06. The molecule has 7 heteroatoms. The topological polar surface area (TPSA) is 68.3 Å². The van der Waals surface area contributed by atoms with E-state index >= 15 is 0 Å². The van der Waals surface area contributed by atoms with Gasteiger partial charge in [-0.15, -0.1) is 0 Å². The van der Waals surface area contributed by atoms with Crippen molar-refractivity contribution < 1.29 is 4.79 Å². The van der Waals surface area contributed by atoms with E-state index < -0.39 is 0 Å². The van der Waals surface area contributed by atoms with Crippen LogP contribution in [0, 0.1) is 6.92 Å². The standard InChI is InChI=1S/C25H30N6O/c1-5-30-21(25(32)31(17-6-7-17)18-8-9-18)12-19-22-14(2)13-26-23(22)20(27-24(19)30)11-16-10-15(3)29(4)28-16/h10,12-14,17-18H,5-9,11H2,1-4H3. The van der Waals surface area contributed by atoms with Crippen LogP contribution in [0.5, 0.6) is 0 Å². The lowest BCUT2D eigenvalue weighted by Crippen LogP contribution is -2.36. The number of aromatic nitrogens is 4. The summed E-state index contributed by atoms with van der Waals surface area (Å²) in [5, 5.41) is 5.71. The van der Waals surface area contributed by atoms with Gasteiger partial charge in [0, 0.05) is 55.3 Å². The van der Waals surface area contributed by atoms with Crippen LogP contribution in [-0.4, -0.2) is 48.4 Å². The highest BCUT2D eigenvalue weighted by Gasteiger charge is 2.43. The molecule has 1 atom stereocenters. The van der Waals surface area contributed by atoms with Crippen molar-refractivity contribution in [3.8, 4) is 0 Å². The number of fused-ring (bicyclic) bond motifs is 3. The lowest BCUT2D eigenvalue weighted by Gasteiger charge is -2.22. The van der Waals surface area contributed by atoms with Gasteiger partial charge in [-0.2, -0.15) is 5.10 Å². The maximum Gasteiger partial charge on any atom is 0.271 e. The number of aryl methyl sites for hydroxylation is 3. The summed E-state index contributed by atoms with van der Waals surface area (Å²) in [4.78, 5) is 25.7. The second-order valence-corrected chi connectivity index (χ2v) is 9.65. The molecule has 0 radical (unpaired) electrons. The minimum Gasteiger partial charge on any atom is -0.331 e. The molecule has 4 heterocycles. The molecule has 7 nitrogen and oxygen atoms in total. The number of carbonyl (C=O) groups is 1. The van der Waals surface area contributed by atoms with Gasteiger partial charge in [0.15, 0.2) is 0 Å². The molecule has 2 aliphatic carbocycles. The van der Waals surface area contributed by atoms with E-state index in [2.05, 4.69) is 47.5 Å². The summed E-state index contributed by atoms with van der Waals surface area (Å²) < 4.78 is 4.02. The molecule has 3 aromatic rings. The van der Waals surface area contributed by atoms with Crippen molar-refractivity contribution in [2.24, 2.45) is 12.0 Å². The molecular formula is C25H30N6O. The highest BCUT2D eigenvalue weighted by molar-refractivity contribution is 6.02. The molecule has 3 aliphatic rings. The van der Waals surface area contributed by atoms with E-state index in [1.54, 1.807) is 0 Å². The number of nitrogens with zero attached hydrogens (tertiary/aromatic N) is 6. The zero-order valence-electron chi connectivity index (χ0n) is 19.3. The zero-order chi connectivity index (χ0) is 22.1. The van der Waals surface area contributed by atoms with Gasteiger partial charge in [0.2, 0.25) is 0 Å².